The highest BCUT2D eigenvalue weighted by Crippen LogP contribution is 2.37. The second-order valence-electron chi connectivity index (χ2n) is 4.29. The maximum absolute atomic E-state index is 9.64. The quantitative estimate of drug-likeness (QED) is 0.747. The van der Waals surface area contributed by atoms with Crippen LogP contribution in [0.15, 0.2) is 18.2 Å². The number of aromatic nitrogens is 2. The number of nitrogens with zero attached hydrogens (tertiary/aromatic N) is 1. The first-order valence-corrected chi connectivity index (χ1v) is 5.52. The smallest absolute Gasteiger partial charge is 0.143 e. The maximum Gasteiger partial charge on any atom is 0.143 e. The fourth-order valence-corrected chi connectivity index (χ4v) is 2.57. The number of nitrogens with one attached hydrogen (secondary N) is 1. The van der Waals surface area contributed by atoms with Gasteiger partial charge in [-0.05, 0) is 18.9 Å². The van der Waals surface area contributed by atoms with Crippen molar-refractivity contribution in [2.24, 2.45) is 0 Å². The van der Waals surface area contributed by atoms with Crippen molar-refractivity contribution < 1.29 is 5.11 Å². The number of rotatable bonds is 1. The molecule has 0 bridgehead atoms. The van der Waals surface area contributed by atoms with Gasteiger partial charge in [0.05, 0.1) is 0 Å². The Kier molecular flexibility index (Phi) is 1.91. The number of aromatic amines is 1. The summed E-state index contributed by atoms with van der Waals surface area (Å²) in [6.07, 6.45) is 5.11. The highest BCUT2D eigenvalue weighted by Gasteiger charge is 2.21. The van der Waals surface area contributed by atoms with Crippen molar-refractivity contribution in [1.29, 1.82) is 0 Å². The number of phenols is 1. The van der Waals surface area contributed by atoms with Crippen LogP contribution in [0, 0.1) is 0 Å². The van der Waals surface area contributed by atoms with E-state index in [0.29, 0.717) is 11.4 Å². The zero-order chi connectivity index (χ0) is 10.3. The van der Waals surface area contributed by atoms with Crippen LogP contribution in [0.5, 0.6) is 5.75 Å². The predicted octanol–water partition coefficient (Wildman–Crippen LogP) is 2.93. The summed E-state index contributed by atoms with van der Waals surface area (Å²) in [6.45, 7) is 0. The highest BCUT2D eigenvalue weighted by molar-refractivity contribution is 5.86. The molecule has 3 rings (SSSR count). The largest absolute Gasteiger partial charge is 0.506 e. The van der Waals surface area contributed by atoms with Crippen molar-refractivity contribution in [3.05, 3.63) is 23.9 Å². The molecule has 15 heavy (non-hydrogen) atoms. The van der Waals surface area contributed by atoms with E-state index < -0.39 is 0 Å². The van der Waals surface area contributed by atoms with E-state index in [-0.39, 0.29) is 5.75 Å². The van der Waals surface area contributed by atoms with Crippen molar-refractivity contribution in [2.75, 3.05) is 0 Å². The molecule has 1 aliphatic rings. The monoisotopic (exact) mass is 202 g/mol. The van der Waals surface area contributed by atoms with Crippen LogP contribution in [0.3, 0.4) is 0 Å². The molecular formula is C12H14N2O. The minimum atomic E-state index is 0.271. The van der Waals surface area contributed by atoms with Crippen molar-refractivity contribution >= 4 is 10.9 Å². The Labute approximate surface area is 88.1 Å². The Morgan fingerprint density at radius 3 is 2.87 bits per heavy atom. The van der Waals surface area contributed by atoms with Gasteiger partial charge in [0.15, 0.2) is 0 Å². The van der Waals surface area contributed by atoms with E-state index in [4.69, 9.17) is 0 Å². The second-order valence-corrected chi connectivity index (χ2v) is 4.29. The molecule has 2 aromatic rings. The molecule has 1 fully saturated rings. The van der Waals surface area contributed by atoms with Gasteiger partial charge in [-0.15, -0.1) is 0 Å². The fraction of sp³-hybridized carbons (Fsp3) is 0.417. The topological polar surface area (TPSA) is 48.9 Å². The van der Waals surface area contributed by atoms with Gasteiger partial charge in [0, 0.05) is 17.0 Å². The lowest BCUT2D eigenvalue weighted by molar-refractivity contribution is 0.480. The molecule has 0 atom stereocenters. The molecule has 1 aromatic carbocycles. The molecule has 0 radical (unpaired) electrons. The Bertz CT molecular complexity index is 483. The molecule has 3 nitrogen and oxygen atoms in total. The van der Waals surface area contributed by atoms with Gasteiger partial charge < -0.3 is 5.11 Å². The lowest BCUT2D eigenvalue weighted by Gasteiger charge is -2.05. The molecule has 0 unspecified atom stereocenters. The van der Waals surface area contributed by atoms with E-state index in [1.165, 1.54) is 31.4 Å². The Balaban J connectivity index is 2.15. The molecule has 0 saturated heterocycles. The first-order valence-electron chi connectivity index (χ1n) is 5.52. The first-order chi connectivity index (χ1) is 7.36. The first kappa shape index (κ1) is 8.77. The number of fused-ring (bicyclic) bond motifs is 1. The number of hydrogen-bond acceptors (Lipinski definition) is 2. The number of aromatic hydroxyl groups is 1. The zero-order valence-corrected chi connectivity index (χ0v) is 8.53. The minimum Gasteiger partial charge on any atom is -0.506 e. The zero-order valence-electron chi connectivity index (χ0n) is 8.53. The number of benzene rings is 1. The second kappa shape index (κ2) is 3.26. The third kappa shape index (κ3) is 1.30. The molecular weight excluding hydrogens is 188 g/mol. The standard InChI is InChI=1S/C12H14N2O/c15-10-7-3-6-9-11(13-14-12(9)10)8-4-1-2-5-8/h3,6-8,15H,1-2,4-5H2,(H,13,14). The summed E-state index contributed by atoms with van der Waals surface area (Å²) in [4.78, 5) is 0. The van der Waals surface area contributed by atoms with Gasteiger partial charge >= 0.3 is 0 Å². The summed E-state index contributed by atoms with van der Waals surface area (Å²) in [7, 11) is 0. The SMILES string of the molecule is Oc1cccc2c(C3CCCC3)[nH]nc12. The summed E-state index contributed by atoms with van der Waals surface area (Å²) < 4.78 is 0. The molecule has 3 heteroatoms. The van der Waals surface area contributed by atoms with Crippen molar-refractivity contribution in [2.45, 2.75) is 31.6 Å². The van der Waals surface area contributed by atoms with Crippen LogP contribution in [0.25, 0.3) is 10.9 Å². The Morgan fingerprint density at radius 2 is 2.07 bits per heavy atom. The lowest BCUT2D eigenvalue weighted by Crippen LogP contribution is -1.92. The van der Waals surface area contributed by atoms with E-state index in [0.717, 1.165) is 5.39 Å². The van der Waals surface area contributed by atoms with Gasteiger partial charge in [0.25, 0.3) is 0 Å². The summed E-state index contributed by atoms with van der Waals surface area (Å²) in [5.41, 5.74) is 1.91. The molecule has 2 N–H and O–H groups in total. The van der Waals surface area contributed by atoms with Gasteiger partial charge in [0.1, 0.15) is 11.3 Å². The van der Waals surface area contributed by atoms with Gasteiger partial charge in [-0.25, -0.2) is 0 Å². The maximum atomic E-state index is 9.64. The summed E-state index contributed by atoms with van der Waals surface area (Å²) in [5, 5.41) is 18.0. The van der Waals surface area contributed by atoms with Gasteiger partial charge in [-0.3, -0.25) is 5.10 Å². The molecule has 1 aliphatic carbocycles. The van der Waals surface area contributed by atoms with Crippen LogP contribution in [0.1, 0.15) is 37.3 Å². The van der Waals surface area contributed by atoms with Gasteiger partial charge in [0.2, 0.25) is 0 Å². The molecule has 0 spiro atoms. The molecule has 1 aromatic heterocycles. The van der Waals surface area contributed by atoms with E-state index >= 15 is 0 Å². The molecule has 1 saturated carbocycles. The predicted molar refractivity (Wildman–Crippen MR) is 59.0 cm³/mol. The van der Waals surface area contributed by atoms with Crippen LogP contribution < -0.4 is 0 Å². The number of H-pyrrole nitrogens is 1. The van der Waals surface area contributed by atoms with E-state index in [2.05, 4.69) is 10.2 Å². The normalized spacial score (nSPS) is 17.6. The van der Waals surface area contributed by atoms with Crippen LogP contribution in [-0.2, 0) is 0 Å². The average Bonchev–Trinajstić information content (AvgIpc) is 2.85. The minimum absolute atomic E-state index is 0.271. The van der Waals surface area contributed by atoms with E-state index in [1.54, 1.807) is 6.07 Å². The van der Waals surface area contributed by atoms with Crippen molar-refractivity contribution in [1.82, 2.24) is 10.2 Å². The van der Waals surface area contributed by atoms with Crippen molar-refractivity contribution in [3.63, 3.8) is 0 Å². The molecule has 1 heterocycles. The van der Waals surface area contributed by atoms with Gasteiger partial charge in [-0.2, -0.15) is 5.10 Å². The molecule has 0 aliphatic heterocycles. The number of para-hydroxylation sites is 1. The number of phenolic OH excluding ortho intramolecular Hbond substituents is 1. The summed E-state index contributed by atoms with van der Waals surface area (Å²) >= 11 is 0. The Morgan fingerprint density at radius 1 is 1.27 bits per heavy atom. The Hall–Kier alpha value is -1.51. The van der Waals surface area contributed by atoms with Crippen LogP contribution in [-0.4, -0.2) is 15.3 Å². The molecule has 78 valence electrons. The van der Waals surface area contributed by atoms with Crippen LogP contribution >= 0.6 is 0 Å². The third-order valence-electron chi connectivity index (χ3n) is 3.36. The van der Waals surface area contributed by atoms with Gasteiger partial charge in [-0.1, -0.05) is 25.0 Å². The van der Waals surface area contributed by atoms with Crippen LogP contribution in [0.4, 0.5) is 0 Å². The van der Waals surface area contributed by atoms with E-state index in [1.807, 2.05) is 12.1 Å². The third-order valence-corrected chi connectivity index (χ3v) is 3.36. The summed E-state index contributed by atoms with van der Waals surface area (Å²) in [5.74, 6) is 0.879. The van der Waals surface area contributed by atoms with Crippen molar-refractivity contribution in [3.8, 4) is 5.75 Å². The average molecular weight is 202 g/mol. The summed E-state index contributed by atoms with van der Waals surface area (Å²) in [6, 6.07) is 5.60. The van der Waals surface area contributed by atoms with E-state index in [9.17, 15) is 5.11 Å². The highest BCUT2D eigenvalue weighted by atomic mass is 16.3. The van der Waals surface area contributed by atoms with Crippen LogP contribution in [0.2, 0.25) is 0 Å². The molecule has 0 amide bonds. The lowest BCUT2D eigenvalue weighted by atomic mass is 10.0. The fourth-order valence-electron chi connectivity index (χ4n) is 2.57. The number of hydrogen-bond donors (Lipinski definition) is 2.